The number of nitrogens with one attached hydrogen (secondary N) is 2. The molecular weight excluding hydrogens is 563 g/mol. The molecule has 9 nitrogen and oxygen atoms in total. The number of carbonyl (C=O) groups excluding carboxylic acids is 2. The van der Waals surface area contributed by atoms with Gasteiger partial charge in [0.1, 0.15) is 11.0 Å². The number of nitrogens with two attached hydrogens (primary N) is 1. The summed E-state index contributed by atoms with van der Waals surface area (Å²) >= 11 is 6.37. The minimum atomic E-state index is -0.668. The number of hydrogen-bond donors (Lipinski definition) is 3. The monoisotopic (exact) mass is 586 g/mol. The zero-order valence-corrected chi connectivity index (χ0v) is 22.9. The highest BCUT2D eigenvalue weighted by molar-refractivity contribution is 7.80. The van der Waals surface area contributed by atoms with E-state index < -0.39 is 5.82 Å². The number of carbonyl (C=O) groups is 2. The maximum atomic E-state index is 14.9. The average Bonchev–Trinajstić information content (AvgIpc) is 3.52. The molecule has 1 saturated heterocycles. The number of thiocarbonyl (C=S) groups is 1. The second-order valence-corrected chi connectivity index (χ2v) is 10.2. The highest BCUT2D eigenvalue weighted by Crippen LogP contribution is 2.35. The van der Waals surface area contributed by atoms with Gasteiger partial charge in [-0.05, 0) is 42.4 Å². The number of thiophene rings is 1. The van der Waals surface area contributed by atoms with E-state index >= 15 is 0 Å². The number of rotatable bonds is 6. The smallest absolute Gasteiger partial charge is 0.264 e. The van der Waals surface area contributed by atoms with Gasteiger partial charge in [-0.15, -0.1) is 23.7 Å². The number of benzene rings is 2. The van der Waals surface area contributed by atoms with Gasteiger partial charge in [0, 0.05) is 30.9 Å². The first-order valence-electron chi connectivity index (χ1n) is 11.8. The first-order valence-corrected chi connectivity index (χ1v) is 13.0. The average molecular weight is 587 g/mol. The van der Waals surface area contributed by atoms with Crippen LogP contribution < -0.4 is 21.1 Å². The number of anilines is 1. The summed E-state index contributed by atoms with van der Waals surface area (Å²) in [7, 11) is 0. The van der Waals surface area contributed by atoms with Crippen molar-refractivity contribution in [3.05, 3.63) is 77.2 Å². The van der Waals surface area contributed by atoms with Gasteiger partial charge in [-0.2, -0.15) is 0 Å². The van der Waals surface area contributed by atoms with Crippen LogP contribution in [-0.2, 0) is 11.2 Å². The Kier molecular flexibility index (Phi) is 9.02. The molecule has 1 fully saturated rings. The Hall–Kier alpha value is -3.71. The molecule has 0 radical (unpaired) electrons. The molecule has 0 bridgehead atoms. The lowest BCUT2D eigenvalue weighted by Crippen LogP contribution is -2.35. The number of amides is 2. The number of aromatic nitrogens is 2. The van der Waals surface area contributed by atoms with E-state index in [1.807, 2.05) is 30.3 Å². The third kappa shape index (κ3) is 6.84. The van der Waals surface area contributed by atoms with E-state index in [9.17, 15) is 14.0 Å². The summed E-state index contributed by atoms with van der Waals surface area (Å²) in [5.41, 5.74) is 7.64. The van der Waals surface area contributed by atoms with Gasteiger partial charge in [-0.1, -0.05) is 30.3 Å². The molecule has 0 spiro atoms. The Labute approximate surface area is 239 Å². The van der Waals surface area contributed by atoms with Crippen LogP contribution in [0.3, 0.4) is 0 Å². The molecule has 4 N–H and O–H groups in total. The van der Waals surface area contributed by atoms with E-state index in [0.29, 0.717) is 33.9 Å². The van der Waals surface area contributed by atoms with E-state index in [0.717, 1.165) is 12.0 Å². The Balaban J connectivity index is 0.00000353. The minimum Gasteiger partial charge on any atom is -0.434 e. The fraction of sp³-hybridized carbons (Fsp3) is 0.192. The molecule has 1 unspecified atom stereocenters. The molecular formula is C26H24ClFN6O3S2. The van der Waals surface area contributed by atoms with Gasteiger partial charge >= 0.3 is 0 Å². The summed E-state index contributed by atoms with van der Waals surface area (Å²) in [5.74, 6) is -1.01. The van der Waals surface area contributed by atoms with Gasteiger partial charge in [0.25, 0.3) is 5.91 Å². The molecule has 1 aliphatic rings. The zero-order valence-electron chi connectivity index (χ0n) is 20.4. The van der Waals surface area contributed by atoms with Crippen molar-refractivity contribution >= 4 is 68.8 Å². The highest BCUT2D eigenvalue weighted by Gasteiger charge is 2.26. The SMILES string of the molecule is Cl.NC1CCN(C(=O)c2cc3ncnc(Oc4ccc(NC(=S)NC(=O)Cc5ccccc5)cc4F)c3s2)C1. The summed E-state index contributed by atoms with van der Waals surface area (Å²) in [6, 6.07) is 15.1. The van der Waals surface area contributed by atoms with Crippen molar-refractivity contribution in [2.45, 2.75) is 18.9 Å². The summed E-state index contributed by atoms with van der Waals surface area (Å²) in [6.45, 7) is 1.11. The molecule has 0 saturated carbocycles. The number of nitrogens with zero attached hydrogens (tertiary/aromatic N) is 3. The predicted molar refractivity (Wildman–Crippen MR) is 154 cm³/mol. The van der Waals surface area contributed by atoms with Gasteiger partial charge in [-0.3, -0.25) is 9.59 Å². The first-order chi connectivity index (χ1) is 18.4. The summed E-state index contributed by atoms with van der Waals surface area (Å²) in [4.78, 5) is 35.6. The van der Waals surface area contributed by atoms with Crippen LogP contribution in [0, 0.1) is 5.82 Å². The van der Waals surface area contributed by atoms with E-state index in [1.165, 1.54) is 29.8 Å². The molecule has 5 rings (SSSR count). The Morgan fingerprint density at radius 1 is 1.18 bits per heavy atom. The summed E-state index contributed by atoms with van der Waals surface area (Å²) in [6.07, 6.45) is 2.23. The normalized spacial score (nSPS) is 14.5. The molecule has 202 valence electrons. The third-order valence-electron chi connectivity index (χ3n) is 5.86. The van der Waals surface area contributed by atoms with Crippen molar-refractivity contribution in [3.63, 3.8) is 0 Å². The van der Waals surface area contributed by atoms with Crippen molar-refractivity contribution in [2.75, 3.05) is 18.4 Å². The van der Waals surface area contributed by atoms with E-state index in [4.69, 9.17) is 22.7 Å². The van der Waals surface area contributed by atoms with Crippen LogP contribution in [0.5, 0.6) is 11.6 Å². The fourth-order valence-electron chi connectivity index (χ4n) is 4.02. The molecule has 2 aromatic carbocycles. The molecule has 0 aliphatic carbocycles. The second-order valence-electron chi connectivity index (χ2n) is 8.72. The molecule has 39 heavy (non-hydrogen) atoms. The number of hydrogen-bond acceptors (Lipinski definition) is 8. The first kappa shape index (κ1) is 28.3. The highest BCUT2D eigenvalue weighted by atomic mass is 35.5. The number of fused-ring (bicyclic) bond motifs is 1. The Morgan fingerprint density at radius 3 is 2.69 bits per heavy atom. The topological polar surface area (TPSA) is 122 Å². The molecule has 3 heterocycles. The number of ether oxygens (including phenoxy) is 1. The molecule has 4 aromatic rings. The van der Waals surface area contributed by atoms with Gasteiger partial charge in [0.05, 0.1) is 16.8 Å². The zero-order chi connectivity index (χ0) is 26.6. The van der Waals surface area contributed by atoms with Crippen molar-refractivity contribution < 1.29 is 18.7 Å². The lowest BCUT2D eigenvalue weighted by molar-refractivity contribution is -0.119. The Bertz CT molecular complexity index is 1520. The molecule has 2 amide bonds. The number of likely N-dealkylation sites (tertiary alicyclic amines) is 1. The van der Waals surface area contributed by atoms with Gasteiger partial charge in [0.2, 0.25) is 11.8 Å². The van der Waals surface area contributed by atoms with Gasteiger partial charge in [-0.25, -0.2) is 14.4 Å². The van der Waals surface area contributed by atoms with Crippen LogP contribution in [0.1, 0.15) is 21.7 Å². The van der Waals surface area contributed by atoms with E-state index in [2.05, 4.69) is 20.6 Å². The second kappa shape index (κ2) is 12.4. The summed E-state index contributed by atoms with van der Waals surface area (Å²) < 4.78 is 21.2. The molecule has 1 aliphatic heterocycles. The molecule has 13 heteroatoms. The van der Waals surface area contributed by atoms with Crippen LogP contribution in [0.25, 0.3) is 10.2 Å². The standard InChI is InChI=1S/C26H23FN6O3S2.ClH/c27-18-11-17(31-26(37)32-22(34)10-15-4-2-1-3-5-15)6-7-20(18)36-24-23-19(29-14-30-24)12-21(38-23)25(35)33-9-8-16(28)13-33;/h1-7,11-12,14,16H,8-10,13,28H2,(H2,31,32,34,37);1H. The quantitative estimate of drug-likeness (QED) is 0.286. The lowest BCUT2D eigenvalue weighted by Gasteiger charge is -2.13. The molecule has 2 aromatic heterocycles. The van der Waals surface area contributed by atoms with Crippen molar-refractivity contribution in [3.8, 4) is 11.6 Å². The maximum Gasteiger partial charge on any atom is 0.264 e. The van der Waals surface area contributed by atoms with Crippen LogP contribution >= 0.6 is 36.0 Å². The number of halogens is 2. The van der Waals surface area contributed by atoms with Gasteiger partial charge < -0.3 is 26.0 Å². The predicted octanol–water partition coefficient (Wildman–Crippen LogP) is 4.27. The lowest BCUT2D eigenvalue weighted by atomic mass is 10.1. The van der Waals surface area contributed by atoms with Crippen molar-refractivity contribution in [1.82, 2.24) is 20.2 Å². The summed E-state index contributed by atoms with van der Waals surface area (Å²) in [5, 5.41) is 5.42. The van der Waals surface area contributed by atoms with Crippen LogP contribution in [-0.4, -0.2) is 50.9 Å². The van der Waals surface area contributed by atoms with Crippen molar-refractivity contribution in [1.29, 1.82) is 0 Å². The van der Waals surface area contributed by atoms with Crippen molar-refractivity contribution in [2.24, 2.45) is 5.73 Å². The maximum absolute atomic E-state index is 14.9. The van der Waals surface area contributed by atoms with E-state index in [1.54, 1.807) is 17.0 Å². The van der Waals surface area contributed by atoms with Gasteiger partial charge in [0.15, 0.2) is 16.7 Å². The van der Waals surface area contributed by atoms with E-state index in [-0.39, 0.29) is 53.4 Å². The van der Waals surface area contributed by atoms with Crippen LogP contribution in [0.15, 0.2) is 60.9 Å². The fourth-order valence-corrected chi connectivity index (χ4v) is 5.25. The Morgan fingerprint density at radius 2 is 1.97 bits per heavy atom. The minimum absolute atomic E-state index is 0. The largest absolute Gasteiger partial charge is 0.434 e. The third-order valence-corrected chi connectivity index (χ3v) is 7.16. The molecule has 1 atom stereocenters. The van der Waals surface area contributed by atoms with Crippen LogP contribution in [0.2, 0.25) is 0 Å². The van der Waals surface area contributed by atoms with Crippen LogP contribution in [0.4, 0.5) is 10.1 Å².